The molecule has 0 fully saturated rings. The molecule has 0 aromatic heterocycles. The highest BCUT2D eigenvalue weighted by Crippen LogP contribution is 2.28. The molecule has 1 aliphatic rings. The summed E-state index contributed by atoms with van der Waals surface area (Å²) in [6, 6.07) is 29.3. The van der Waals surface area contributed by atoms with E-state index in [1.807, 2.05) is 36.4 Å². The van der Waals surface area contributed by atoms with Crippen molar-refractivity contribution in [3.8, 4) is 0 Å². The average Bonchev–Trinajstić information content (AvgIpc) is 2.71. The van der Waals surface area contributed by atoms with Crippen molar-refractivity contribution in [3.63, 3.8) is 0 Å². The zero-order chi connectivity index (χ0) is 17.6. The van der Waals surface area contributed by atoms with Gasteiger partial charge < -0.3 is 10.6 Å². The smallest absolute Gasteiger partial charge is 0.0384 e. The second-order valence-electron chi connectivity index (χ2n) is 6.46. The molecule has 0 radical (unpaired) electrons. The molecule has 1 atom stereocenters. The van der Waals surface area contributed by atoms with E-state index in [-0.39, 0.29) is 0 Å². The standard InChI is InChI=1S/C24H22N2/c1-3-7-21(8-4-1)25-23-15-11-19(12-16-23)20-13-17-24(18-14-20)26-22-9-5-2-6-10-22/h1-13,15-18,20,25-26H,14H2/t20-/m1/s1. The highest BCUT2D eigenvalue weighted by molar-refractivity contribution is 5.60. The second kappa shape index (κ2) is 7.75. The van der Waals surface area contributed by atoms with Gasteiger partial charge in [-0.2, -0.15) is 0 Å². The van der Waals surface area contributed by atoms with E-state index in [9.17, 15) is 0 Å². The van der Waals surface area contributed by atoms with Crippen LogP contribution in [0.3, 0.4) is 0 Å². The molecule has 3 aromatic rings. The molecule has 4 rings (SSSR count). The van der Waals surface area contributed by atoms with Gasteiger partial charge >= 0.3 is 0 Å². The van der Waals surface area contributed by atoms with Crippen LogP contribution in [0, 0.1) is 0 Å². The number of anilines is 3. The fourth-order valence-electron chi connectivity index (χ4n) is 3.15. The van der Waals surface area contributed by atoms with Crippen molar-refractivity contribution >= 4 is 17.1 Å². The number of nitrogens with one attached hydrogen (secondary N) is 2. The summed E-state index contributed by atoms with van der Waals surface area (Å²) in [6.07, 6.45) is 7.74. The first-order valence-electron chi connectivity index (χ1n) is 8.99. The molecular weight excluding hydrogens is 316 g/mol. The molecule has 0 heterocycles. The van der Waals surface area contributed by atoms with Crippen molar-refractivity contribution in [2.75, 3.05) is 10.6 Å². The number of allylic oxidation sites excluding steroid dienone is 3. The summed E-state index contributed by atoms with van der Waals surface area (Å²) in [5.74, 6) is 0.432. The summed E-state index contributed by atoms with van der Waals surface area (Å²) in [4.78, 5) is 0. The van der Waals surface area contributed by atoms with Crippen LogP contribution in [0.1, 0.15) is 17.9 Å². The molecule has 3 aromatic carbocycles. The summed E-state index contributed by atoms with van der Waals surface area (Å²) in [5.41, 5.74) is 5.85. The van der Waals surface area contributed by atoms with Crippen LogP contribution in [0.2, 0.25) is 0 Å². The first-order valence-corrected chi connectivity index (χ1v) is 8.99. The Bertz CT molecular complexity index is 894. The number of rotatable bonds is 5. The van der Waals surface area contributed by atoms with Gasteiger partial charge in [-0.05, 0) is 54.5 Å². The SMILES string of the molecule is C1=C[C@@H](c2ccc(Nc3ccccc3)cc2)CC=C1Nc1ccccc1. The molecule has 26 heavy (non-hydrogen) atoms. The number of para-hydroxylation sites is 2. The topological polar surface area (TPSA) is 24.1 Å². The van der Waals surface area contributed by atoms with Gasteiger partial charge in [0.2, 0.25) is 0 Å². The van der Waals surface area contributed by atoms with Gasteiger partial charge in [0.25, 0.3) is 0 Å². The molecule has 0 spiro atoms. The fraction of sp³-hybridized carbons (Fsp3) is 0.0833. The van der Waals surface area contributed by atoms with E-state index >= 15 is 0 Å². The van der Waals surface area contributed by atoms with Crippen LogP contribution in [-0.4, -0.2) is 0 Å². The zero-order valence-corrected chi connectivity index (χ0v) is 14.6. The molecule has 128 valence electrons. The molecule has 2 nitrogen and oxygen atoms in total. The summed E-state index contributed by atoms with van der Waals surface area (Å²) < 4.78 is 0. The summed E-state index contributed by atoms with van der Waals surface area (Å²) in [6.45, 7) is 0. The molecule has 1 aliphatic carbocycles. The Kier molecular flexibility index (Phi) is 4.83. The Balaban J connectivity index is 1.38. The third-order valence-electron chi connectivity index (χ3n) is 4.56. The molecule has 2 N–H and O–H groups in total. The van der Waals surface area contributed by atoms with Gasteiger partial charge in [-0.15, -0.1) is 0 Å². The third kappa shape index (κ3) is 4.04. The molecule has 0 bridgehead atoms. The van der Waals surface area contributed by atoms with Crippen molar-refractivity contribution in [2.24, 2.45) is 0 Å². The maximum absolute atomic E-state index is 3.45. The fourth-order valence-corrected chi connectivity index (χ4v) is 3.15. The predicted molar refractivity (Wildman–Crippen MR) is 111 cm³/mol. The van der Waals surface area contributed by atoms with E-state index in [0.29, 0.717) is 5.92 Å². The van der Waals surface area contributed by atoms with Gasteiger partial charge in [0.1, 0.15) is 0 Å². The van der Waals surface area contributed by atoms with Gasteiger partial charge in [-0.1, -0.05) is 60.7 Å². The van der Waals surface area contributed by atoms with Crippen molar-refractivity contribution in [3.05, 3.63) is 114 Å². The van der Waals surface area contributed by atoms with Crippen molar-refractivity contribution in [2.45, 2.75) is 12.3 Å². The minimum atomic E-state index is 0.432. The van der Waals surface area contributed by atoms with Crippen LogP contribution >= 0.6 is 0 Å². The molecule has 0 saturated heterocycles. The molecule has 0 aliphatic heterocycles. The van der Waals surface area contributed by atoms with Crippen LogP contribution in [0.5, 0.6) is 0 Å². The number of hydrogen-bond acceptors (Lipinski definition) is 2. The Morgan fingerprint density at radius 2 is 1.19 bits per heavy atom. The summed E-state index contributed by atoms with van der Waals surface area (Å²) in [7, 11) is 0. The lowest BCUT2D eigenvalue weighted by molar-refractivity contribution is 0.846. The predicted octanol–water partition coefficient (Wildman–Crippen LogP) is 6.47. The minimum absolute atomic E-state index is 0.432. The van der Waals surface area contributed by atoms with Crippen LogP contribution in [0.4, 0.5) is 17.1 Å². The van der Waals surface area contributed by atoms with E-state index in [4.69, 9.17) is 0 Å². The Morgan fingerprint density at radius 3 is 1.77 bits per heavy atom. The van der Waals surface area contributed by atoms with E-state index in [0.717, 1.165) is 29.2 Å². The summed E-state index contributed by atoms with van der Waals surface area (Å²) >= 11 is 0. The van der Waals surface area contributed by atoms with Crippen molar-refractivity contribution < 1.29 is 0 Å². The zero-order valence-electron chi connectivity index (χ0n) is 14.6. The molecule has 0 unspecified atom stereocenters. The summed E-state index contributed by atoms with van der Waals surface area (Å²) in [5, 5.41) is 6.88. The van der Waals surface area contributed by atoms with Gasteiger partial charge in [0.05, 0.1) is 0 Å². The van der Waals surface area contributed by atoms with E-state index in [1.54, 1.807) is 0 Å². The van der Waals surface area contributed by atoms with Crippen LogP contribution in [0.15, 0.2) is 109 Å². The molecule has 0 saturated carbocycles. The molecule has 0 amide bonds. The maximum atomic E-state index is 3.45. The first-order chi connectivity index (χ1) is 12.9. The Morgan fingerprint density at radius 1 is 0.615 bits per heavy atom. The lowest BCUT2D eigenvalue weighted by atomic mass is 9.91. The maximum Gasteiger partial charge on any atom is 0.0384 e. The molecule has 2 heteroatoms. The monoisotopic (exact) mass is 338 g/mol. The van der Waals surface area contributed by atoms with E-state index in [2.05, 4.69) is 77.4 Å². The van der Waals surface area contributed by atoms with Gasteiger partial charge in [0.15, 0.2) is 0 Å². The van der Waals surface area contributed by atoms with Crippen molar-refractivity contribution in [1.82, 2.24) is 0 Å². The Hall–Kier alpha value is -3.26. The normalized spacial score (nSPS) is 16.0. The number of benzene rings is 3. The average molecular weight is 338 g/mol. The van der Waals surface area contributed by atoms with Gasteiger partial charge in [0, 0.05) is 28.7 Å². The Labute approximate surface area is 154 Å². The lowest BCUT2D eigenvalue weighted by Crippen LogP contribution is -2.04. The van der Waals surface area contributed by atoms with Crippen LogP contribution < -0.4 is 10.6 Å². The van der Waals surface area contributed by atoms with Gasteiger partial charge in [-0.25, -0.2) is 0 Å². The van der Waals surface area contributed by atoms with Gasteiger partial charge in [-0.3, -0.25) is 0 Å². The third-order valence-corrected chi connectivity index (χ3v) is 4.56. The lowest BCUT2D eigenvalue weighted by Gasteiger charge is -2.18. The van der Waals surface area contributed by atoms with E-state index < -0.39 is 0 Å². The molecular formula is C24H22N2. The number of hydrogen-bond donors (Lipinski definition) is 2. The minimum Gasteiger partial charge on any atom is -0.356 e. The first kappa shape index (κ1) is 16.2. The largest absolute Gasteiger partial charge is 0.356 e. The highest BCUT2D eigenvalue weighted by atomic mass is 14.9. The highest BCUT2D eigenvalue weighted by Gasteiger charge is 2.11. The van der Waals surface area contributed by atoms with Crippen LogP contribution in [-0.2, 0) is 0 Å². The van der Waals surface area contributed by atoms with Crippen LogP contribution in [0.25, 0.3) is 0 Å². The second-order valence-corrected chi connectivity index (χ2v) is 6.46. The van der Waals surface area contributed by atoms with E-state index in [1.165, 1.54) is 5.56 Å². The quantitative estimate of drug-likeness (QED) is 0.557. The van der Waals surface area contributed by atoms with Crippen molar-refractivity contribution in [1.29, 1.82) is 0 Å².